The number of hydrogen-bond acceptors (Lipinski definition) is 3. The molecule has 1 saturated heterocycles. The fourth-order valence-electron chi connectivity index (χ4n) is 5.06. The summed E-state index contributed by atoms with van der Waals surface area (Å²) in [5.41, 5.74) is 4.38. The zero-order chi connectivity index (χ0) is 18.5. The first-order valence-corrected chi connectivity index (χ1v) is 9.68. The number of nitrogens with zero attached hydrogens (tertiary/aromatic N) is 2. The number of carbonyl (C=O) groups excluding carboxylic acids is 1. The number of carbonyl (C=O) groups is 1. The molecule has 0 radical (unpaired) electrons. The molecular formula is C22H23FN2O2. The van der Waals surface area contributed by atoms with Gasteiger partial charge in [-0.3, -0.25) is 4.79 Å². The Labute approximate surface area is 158 Å². The highest BCUT2D eigenvalue weighted by molar-refractivity contribution is 5.80. The number of anilines is 1. The second-order valence-corrected chi connectivity index (χ2v) is 7.68. The van der Waals surface area contributed by atoms with Crippen molar-refractivity contribution >= 4 is 11.6 Å². The van der Waals surface area contributed by atoms with Gasteiger partial charge in [-0.2, -0.15) is 0 Å². The molecule has 27 heavy (non-hydrogen) atoms. The zero-order valence-corrected chi connectivity index (χ0v) is 15.5. The maximum atomic E-state index is 14.3. The molecule has 0 bridgehead atoms. The van der Waals surface area contributed by atoms with Crippen LogP contribution < -0.4 is 9.64 Å². The molecule has 5 rings (SSSR count). The number of benzene rings is 2. The molecule has 3 aliphatic rings. The second kappa shape index (κ2) is 6.25. The van der Waals surface area contributed by atoms with Crippen LogP contribution in [0.3, 0.4) is 0 Å². The van der Waals surface area contributed by atoms with Crippen molar-refractivity contribution < 1.29 is 13.9 Å². The summed E-state index contributed by atoms with van der Waals surface area (Å²) >= 11 is 0. The van der Waals surface area contributed by atoms with Crippen LogP contribution in [-0.4, -0.2) is 31.0 Å². The summed E-state index contributed by atoms with van der Waals surface area (Å²) < 4.78 is 19.7. The van der Waals surface area contributed by atoms with E-state index >= 15 is 0 Å². The minimum atomic E-state index is -0.193. The summed E-state index contributed by atoms with van der Waals surface area (Å²) in [7, 11) is 1.68. The van der Waals surface area contributed by atoms with Gasteiger partial charge in [0.05, 0.1) is 19.2 Å². The molecule has 0 N–H and O–H groups in total. The Balaban J connectivity index is 1.63. The first-order valence-electron chi connectivity index (χ1n) is 9.68. The van der Waals surface area contributed by atoms with Crippen LogP contribution in [0.15, 0.2) is 36.4 Å². The van der Waals surface area contributed by atoms with Crippen LogP contribution in [0.4, 0.5) is 10.1 Å². The molecule has 2 aromatic carbocycles. The number of hydrogen-bond donors (Lipinski definition) is 0. The summed E-state index contributed by atoms with van der Waals surface area (Å²) in [4.78, 5) is 16.9. The molecule has 2 unspecified atom stereocenters. The average molecular weight is 366 g/mol. The number of likely N-dealkylation sites (tertiary alicyclic amines) is 1. The monoisotopic (exact) mass is 366 g/mol. The van der Waals surface area contributed by atoms with E-state index in [1.54, 1.807) is 19.2 Å². The summed E-state index contributed by atoms with van der Waals surface area (Å²) in [5, 5.41) is 0. The van der Waals surface area contributed by atoms with Crippen LogP contribution in [0.25, 0.3) is 0 Å². The van der Waals surface area contributed by atoms with Gasteiger partial charge in [-0.15, -0.1) is 0 Å². The lowest BCUT2D eigenvalue weighted by Gasteiger charge is -2.43. The molecule has 140 valence electrons. The average Bonchev–Trinajstić information content (AvgIpc) is 3.29. The van der Waals surface area contributed by atoms with Gasteiger partial charge >= 0.3 is 0 Å². The molecule has 0 spiro atoms. The first kappa shape index (κ1) is 16.6. The number of methoxy groups -OCH3 is 1. The van der Waals surface area contributed by atoms with Gasteiger partial charge in [0.25, 0.3) is 0 Å². The largest absolute Gasteiger partial charge is 0.497 e. The Morgan fingerprint density at radius 3 is 2.74 bits per heavy atom. The van der Waals surface area contributed by atoms with Gasteiger partial charge < -0.3 is 14.5 Å². The smallest absolute Gasteiger partial charge is 0.223 e. The van der Waals surface area contributed by atoms with E-state index in [9.17, 15) is 9.18 Å². The first-order chi connectivity index (χ1) is 13.2. The molecule has 1 amide bonds. The molecule has 4 nitrogen and oxygen atoms in total. The fourth-order valence-corrected chi connectivity index (χ4v) is 5.06. The molecule has 3 heterocycles. The lowest BCUT2D eigenvalue weighted by molar-refractivity contribution is -0.130. The normalized spacial score (nSPS) is 23.7. The standard InChI is InChI=1S/C22H23FN2O2/c1-27-17-5-2-4-14(11-17)19-13-20(24-8-3-6-21(24)26)18-12-16(23)10-15-7-9-25(19)22(15)18/h2,4-5,10-12,19-20H,3,6-9,13H2,1H3. The maximum Gasteiger partial charge on any atom is 0.223 e. The van der Waals surface area contributed by atoms with Crippen LogP contribution in [-0.2, 0) is 11.2 Å². The molecule has 3 aliphatic heterocycles. The van der Waals surface area contributed by atoms with E-state index in [0.29, 0.717) is 6.42 Å². The van der Waals surface area contributed by atoms with Crippen molar-refractivity contribution in [3.8, 4) is 5.75 Å². The van der Waals surface area contributed by atoms with Crippen molar-refractivity contribution in [2.45, 2.75) is 37.8 Å². The molecule has 0 aliphatic carbocycles. The molecule has 5 heteroatoms. The summed E-state index contributed by atoms with van der Waals surface area (Å²) in [6.07, 6.45) is 3.12. The summed E-state index contributed by atoms with van der Waals surface area (Å²) in [6.45, 7) is 1.65. The van der Waals surface area contributed by atoms with Crippen molar-refractivity contribution in [2.75, 3.05) is 25.1 Å². The van der Waals surface area contributed by atoms with E-state index < -0.39 is 0 Å². The predicted octanol–water partition coefficient (Wildman–Crippen LogP) is 4.01. The van der Waals surface area contributed by atoms with Crippen LogP contribution >= 0.6 is 0 Å². The Morgan fingerprint density at radius 2 is 1.96 bits per heavy atom. The third-order valence-electron chi connectivity index (χ3n) is 6.24. The highest BCUT2D eigenvalue weighted by Gasteiger charge is 2.42. The van der Waals surface area contributed by atoms with Gasteiger partial charge in [0.1, 0.15) is 11.6 Å². The number of halogens is 1. The van der Waals surface area contributed by atoms with Crippen molar-refractivity contribution in [2.24, 2.45) is 0 Å². The third kappa shape index (κ3) is 2.59. The molecule has 0 saturated carbocycles. The molecule has 2 aromatic rings. The number of rotatable bonds is 3. The molecular weight excluding hydrogens is 343 g/mol. The molecule has 1 fully saturated rings. The minimum Gasteiger partial charge on any atom is -0.497 e. The second-order valence-electron chi connectivity index (χ2n) is 7.68. The fraction of sp³-hybridized carbons (Fsp3) is 0.409. The zero-order valence-electron chi connectivity index (χ0n) is 15.5. The van der Waals surface area contributed by atoms with E-state index in [0.717, 1.165) is 54.9 Å². The maximum absolute atomic E-state index is 14.3. The van der Waals surface area contributed by atoms with Gasteiger partial charge in [0, 0.05) is 30.8 Å². The van der Waals surface area contributed by atoms with Gasteiger partial charge in [-0.05, 0) is 54.7 Å². The predicted molar refractivity (Wildman–Crippen MR) is 101 cm³/mol. The highest BCUT2D eigenvalue weighted by Crippen LogP contribution is 2.51. The van der Waals surface area contributed by atoms with E-state index in [2.05, 4.69) is 17.0 Å². The van der Waals surface area contributed by atoms with Crippen LogP contribution in [0.1, 0.15) is 48.0 Å². The van der Waals surface area contributed by atoms with E-state index in [4.69, 9.17) is 4.74 Å². The third-order valence-corrected chi connectivity index (χ3v) is 6.24. The number of amides is 1. The quantitative estimate of drug-likeness (QED) is 0.823. The molecule has 2 atom stereocenters. The minimum absolute atomic E-state index is 0.0602. The van der Waals surface area contributed by atoms with E-state index in [1.165, 1.54) is 5.56 Å². The Bertz CT molecular complexity index is 913. The SMILES string of the molecule is COc1cccc(C2CC(N3CCCC3=O)c3cc(F)cc4c3N2CC4)c1. The lowest BCUT2D eigenvalue weighted by atomic mass is 9.86. The van der Waals surface area contributed by atoms with Crippen LogP contribution in [0.5, 0.6) is 5.75 Å². The Hall–Kier alpha value is -2.56. The summed E-state index contributed by atoms with van der Waals surface area (Å²) in [6, 6.07) is 11.6. The van der Waals surface area contributed by atoms with Crippen molar-refractivity contribution in [1.82, 2.24) is 4.90 Å². The highest BCUT2D eigenvalue weighted by atomic mass is 19.1. The van der Waals surface area contributed by atoms with Crippen molar-refractivity contribution in [3.63, 3.8) is 0 Å². The van der Waals surface area contributed by atoms with Gasteiger partial charge in [-0.25, -0.2) is 4.39 Å². The lowest BCUT2D eigenvalue weighted by Crippen LogP contribution is -2.39. The van der Waals surface area contributed by atoms with E-state index in [1.807, 2.05) is 17.0 Å². The van der Waals surface area contributed by atoms with Crippen LogP contribution in [0, 0.1) is 5.82 Å². The van der Waals surface area contributed by atoms with Crippen molar-refractivity contribution in [3.05, 3.63) is 58.9 Å². The summed E-state index contributed by atoms with van der Waals surface area (Å²) in [5.74, 6) is 0.835. The van der Waals surface area contributed by atoms with Gasteiger partial charge in [-0.1, -0.05) is 12.1 Å². The van der Waals surface area contributed by atoms with Gasteiger partial charge in [0.15, 0.2) is 0 Å². The Morgan fingerprint density at radius 1 is 1.07 bits per heavy atom. The van der Waals surface area contributed by atoms with Gasteiger partial charge in [0.2, 0.25) is 5.91 Å². The van der Waals surface area contributed by atoms with Crippen LogP contribution in [0.2, 0.25) is 0 Å². The topological polar surface area (TPSA) is 32.8 Å². The number of ether oxygens (including phenoxy) is 1. The van der Waals surface area contributed by atoms with Crippen molar-refractivity contribution in [1.29, 1.82) is 0 Å². The van der Waals surface area contributed by atoms with E-state index in [-0.39, 0.29) is 23.8 Å². The molecule has 0 aromatic heterocycles. The Kier molecular flexibility index (Phi) is 3.85.